The summed E-state index contributed by atoms with van der Waals surface area (Å²) in [6, 6.07) is -0.793. The Morgan fingerprint density at radius 3 is 2.42 bits per heavy atom. The van der Waals surface area contributed by atoms with Crippen LogP contribution in [0.15, 0.2) is 0 Å². The van der Waals surface area contributed by atoms with Crippen LogP contribution in [0.4, 0.5) is 0 Å². The van der Waals surface area contributed by atoms with Crippen molar-refractivity contribution in [2.75, 3.05) is 18.6 Å². The number of carbonyl (C=O) groups excluding carboxylic acids is 1. The third-order valence-electron chi connectivity index (χ3n) is 1.92. The van der Waals surface area contributed by atoms with E-state index >= 15 is 0 Å². The van der Waals surface area contributed by atoms with Crippen LogP contribution in [-0.2, 0) is 19.4 Å². The average molecular weight is 193 g/mol. The van der Waals surface area contributed by atoms with Gasteiger partial charge in [0.15, 0.2) is 9.84 Å². The molecule has 0 aromatic carbocycles. The molecule has 1 aliphatic rings. The van der Waals surface area contributed by atoms with E-state index in [1.54, 1.807) is 0 Å². The van der Waals surface area contributed by atoms with E-state index in [0.717, 1.165) is 0 Å². The maximum Gasteiger partial charge on any atom is 0.322 e. The van der Waals surface area contributed by atoms with Gasteiger partial charge >= 0.3 is 5.97 Å². The lowest BCUT2D eigenvalue weighted by Crippen LogP contribution is -2.51. The van der Waals surface area contributed by atoms with Gasteiger partial charge in [-0.25, -0.2) is 8.42 Å². The molecule has 1 saturated heterocycles. The Balaban J connectivity index is 2.48. The number of ether oxygens (including phenoxy) is 1. The minimum Gasteiger partial charge on any atom is -0.468 e. The quantitative estimate of drug-likeness (QED) is 0.541. The summed E-state index contributed by atoms with van der Waals surface area (Å²) >= 11 is 0. The normalized spacial score (nSPS) is 24.2. The highest BCUT2D eigenvalue weighted by Gasteiger charge is 2.40. The molecule has 0 aromatic heterocycles. The lowest BCUT2D eigenvalue weighted by molar-refractivity contribution is -0.143. The topological polar surface area (TPSA) is 86.5 Å². The molecule has 1 fully saturated rings. The predicted molar refractivity (Wildman–Crippen MR) is 42.1 cm³/mol. The van der Waals surface area contributed by atoms with E-state index in [4.69, 9.17) is 5.73 Å². The smallest absolute Gasteiger partial charge is 0.322 e. The molecule has 0 spiro atoms. The van der Waals surface area contributed by atoms with Crippen molar-refractivity contribution in [2.45, 2.75) is 6.04 Å². The van der Waals surface area contributed by atoms with Crippen molar-refractivity contribution in [3.8, 4) is 0 Å². The second-order valence-corrected chi connectivity index (χ2v) is 5.04. The van der Waals surface area contributed by atoms with Crippen LogP contribution in [0.3, 0.4) is 0 Å². The van der Waals surface area contributed by atoms with Crippen molar-refractivity contribution in [1.29, 1.82) is 0 Å². The molecule has 0 bridgehead atoms. The maximum absolute atomic E-state index is 10.8. The summed E-state index contributed by atoms with van der Waals surface area (Å²) in [5.41, 5.74) is 5.42. The first kappa shape index (κ1) is 9.47. The van der Waals surface area contributed by atoms with E-state index in [-0.39, 0.29) is 17.4 Å². The number of esters is 1. The Bertz CT molecular complexity index is 272. The van der Waals surface area contributed by atoms with Gasteiger partial charge in [0.2, 0.25) is 0 Å². The van der Waals surface area contributed by atoms with Gasteiger partial charge in [-0.05, 0) is 0 Å². The largest absolute Gasteiger partial charge is 0.468 e. The first-order valence-electron chi connectivity index (χ1n) is 3.50. The zero-order chi connectivity index (χ0) is 9.35. The second kappa shape index (κ2) is 3.02. The Kier molecular flexibility index (Phi) is 2.39. The van der Waals surface area contributed by atoms with E-state index in [2.05, 4.69) is 4.74 Å². The molecule has 6 heteroatoms. The maximum atomic E-state index is 10.8. The van der Waals surface area contributed by atoms with E-state index in [9.17, 15) is 13.2 Å². The minimum absolute atomic E-state index is 0.00324. The average Bonchev–Trinajstić information content (AvgIpc) is 1.97. The highest BCUT2D eigenvalue weighted by molar-refractivity contribution is 7.92. The molecule has 2 N–H and O–H groups in total. The monoisotopic (exact) mass is 193 g/mol. The number of methoxy groups -OCH3 is 1. The second-order valence-electron chi connectivity index (χ2n) is 2.89. The van der Waals surface area contributed by atoms with Crippen LogP contribution in [0.5, 0.6) is 0 Å². The van der Waals surface area contributed by atoms with Crippen LogP contribution in [0.2, 0.25) is 0 Å². The van der Waals surface area contributed by atoms with Gasteiger partial charge < -0.3 is 10.5 Å². The summed E-state index contributed by atoms with van der Waals surface area (Å²) in [4.78, 5) is 10.8. The molecule has 1 rings (SSSR count). The standard InChI is InChI=1S/C6H11NO4S/c1-11-6(8)5(7)4-2-12(9,10)3-4/h4-5H,2-3,7H2,1H3/t5-/m1/s1. The van der Waals surface area contributed by atoms with Gasteiger partial charge in [0.05, 0.1) is 18.6 Å². The van der Waals surface area contributed by atoms with Gasteiger partial charge in [0, 0.05) is 5.92 Å². The fourth-order valence-corrected chi connectivity index (χ4v) is 2.76. The molecule has 0 amide bonds. The summed E-state index contributed by atoms with van der Waals surface area (Å²) in [5, 5.41) is 0. The van der Waals surface area contributed by atoms with Gasteiger partial charge in [-0.2, -0.15) is 0 Å². The van der Waals surface area contributed by atoms with Crippen LogP contribution in [0.1, 0.15) is 0 Å². The van der Waals surface area contributed by atoms with Gasteiger partial charge in [-0.1, -0.05) is 0 Å². The summed E-state index contributed by atoms with van der Waals surface area (Å²) in [6.07, 6.45) is 0. The van der Waals surface area contributed by atoms with E-state index in [1.165, 1.54) is 7.11 Å². The molecule has 70 valence electrons. The van der Waals surface area contributed by atoms with Crippen molar-refractivity contribution in [3.63, 3.8) is 0 Å². The summed E-state index contributed by atoms with van der Waals surface area (Å²) in [7, 11) is -1.67. The summed E-state index contributed by atoms with van der Waals surface area (Å²) in [6.45, 7) is 0. The third-order valence-corrected chi connectivity index (χ3v) is 3.79. The van der Waals surface area contributed by atoms with Crippen molar-refractivity contribution in [1.82, 2.24) is 0 Å². The van der Waals surface area contributed by atoms with Crippen LogP contribution >= 0.6 is 0 Å². The van der Waals surface area contributed by atoms with Crippen LogP contribution in [0.25, 0.3) is 0 Å². The first-order valence-corrected chi connectivity index (χ1v) is 5.32. The van der Waals surface area contributed by atoms with Gasteiger partial charge in [-0.15, -0.1) is 0 Å². The summed E-state index contributed by atoms with van der Waals surface area (Å²) < 4.78 is 25.8. The SMILES string of the molecule is COC(=O)[C@H](N)C1CS(=O)(=O)C1. The van der Waals surface area contributed by atoms with Crippen molar-refractivity contribution >= 4 is 15.8 Å². The Morgan fingerprint density at radius 2 is 2.08 bits per heavy atom. The molecule has 1 aliphatic heterocycles. The van der Waals surface area contributed by atoms with Crippen molar-refractivity contribution in [3.05, 3.63) is 0 Å². The Labute approximate surface area is 70.8 Å². The lowest BCUT2D eigenvalue weighted by Gasteiger charge is -2.29. The minimum atomic E-state index is -2.91. The lowest BCUT2D eigenvalue weighted by atomic mass is 10.0. The third kappa shape index (κ3) is 1.75. The molecule has 5 nitrogen and oxygen atoms in total. The first-order chi connectivity index (χ1) is 5.46. The number of carbonyl (C=O) groups is 1. The molecule has 1 heterocycles. The number of rotatable bonds is 2. The van der Waals surface area contributed by atoms with Crippen molar-refractivity contribution < 1.29 is 17.9 Å². The van der Waals surface area contributed by atoms with E-state index < -0.39 is 21.8 Å². The highest BCUT2D eigenvalue weighted by atomic mass is 32.2. The van der Waals surface area contributed by atoms with Crippen LogP contribution in [0, 0.1) is 5.92 Å². The van der Waals surface area contributed by atoms with Gasteiger partial charge in [-0.3, -0.25) is 4.79 Å². The van der Waals surface area contributed by atoms with E-state index in [1.807, 2.05) is 0 Å². The molecular weight excluding hydrogens is 182 g/mol. The number of sulfone groups is 1. The molecule has 0 saturated carbocycles. The zero-order valence-corrected chi connectivity index (χ0v) is 7.50. The van der Waals surface area contributed by atoms with Crippen LogP contribution < -0.4 is 5.73 Å². The van der Waals surface area contributed by atoms with Crippen molar-refractivity contribution in [2.24, 2.45) is 11.7 Å². The summed E-state index contributed by atoms with van der Waals surface area (Å²) in [5.74, 6) is -0.802. The molecule has 12 heavy (non-hydrogen) atoms. The number of nitrogens with two attached hydrogens (primary N) is 1. The van der Waals surface area contributed by atoms with Gasteiger partial charge in [0.25, 0.3) is 0 Å². The Morgan fingerprint density at radius 1 is 1.58 bits per heavy atom. The zero-order valence-electron chi connectivity index (χ0n) is 6.69. The predicted octanol–water partition coefficient (Wildman–Crippen LogP) is -1.47. The molecule has 0 unspecified atom stereocenters. The molecule has 0 aromatic rings. The van der Waals surface area contributed by atoms with Crippen LogP contribution in [-0.4, -0.2) is 39.0 Å². The fraction of sp³-hybridized carbons (Fsp3) is 0.833. The molecule has 0 radical (unpaired) electrons. The van der Waals surface area contributed by atoms with E-state index in [0.29, 0.717) is 0 Å². The van der Waals surface area contributed by atoms with Gasteiger partial charge in [0.1, 0.15) is 6.04 Å². The molecule has 1 atom stereocenters. The number of hydrogen-bond acceptors (Lipinski definition) is 5. The molecular formula is C6H11NO4S. The molecule has 0 aliphatic carbocycles. The fourth-order valence-electron chi connectivity index (χ4n) is 1.14. The number of hydrogen-bond donors (Lipinski definition) is 1. The highest BCUT2D eigenvalue weighted by Crippen LogP contribution is 2.21. The Hall–Kier alpha value is -0.620.